The summed E-state index contributed by atoms with van der Waals surface area (Å²) in [5, 5.41) is 9.06. The first kappa shape index (κ1) is 13.2. The number of aromatic carboxylic acids is 1. The third-order valence-electron chi connectivity index (χ3n) is 3.15. The van der Waals surface area contributed by atoms with Crippen LogP contribution in [0.2, 0.25) is 0 Å². The first-order valence-corrected chi connectivity index (χ1v) is 6.32. The van der Waals surface area contributed by atoms with Gasteiger partial charge in [-0.15, -0.1) is 0 Å². The van der Waals surface area contributed by atoms with Gasteiger partial charge in [0.1, 0.15) is 18.0 Å². The highest BCUT2D eigenvalue weighted by Gasteiger charge is 2.27. The molecule has 2 aromatic rings. The Bertz CT molecular complexity index is 694. The van der Waals surface area contributed by atoms with Crippen molar-refractivity contribution >= 4 is 11.8 Å². The van der Waals surface area contributed by atoms with Gasteiger partial charge in [0.05, 0.1) is 5.69 Å². The van der Waals surface area contributed by atoms with E-state index < -0.39 is 12.1 Å². The number of para-hydroxylation sites is 2. The lowest BCUT2D eigenvalue weighted by molar-refractivity contribution is 0.0694. The highest BCUT2D eigenvalue weighted by molar-refractivity contribution is 5.93. The van der Waals surface area contributed by atoms with Gasteiger partial charge in [0.15, 0.2) is 23.4 Å². The van der Waals surface area contributed by atoms with Crippen LogP contribution in [0.1, 0.15) is 28.0 Å². The number of hydrogen-bond acceptors (Lipinski definition) is 6. The van der Waals surface area contributed by atoms with Gasteiger partial charge in [-0.3, -0.25) is 0 Å². The minimum absolute atomic E-state index is 0.0764. The maximum absolute atomic E-state index is 11.1. The lowest BCUT2D eigenvalue weighted by atomic mass is 10.2. The van der Waals surface area contributed by atoms with Crippen LogP contribution in [0.15, 0.2) is 24.3 Å². The summed E-state index contributed by atoms with van der Waals surface area (Å²) in [7, 11) is 0. The van der Waals surface area contributed by atoms with Crippen molar-refractivity contribution in [3.8, 4) is 11.5 Å². The molecule has 0 saturated carbocycles. The van der Waals surface area contributed by atoms with Gasteiger partial charge in [-0.2, -0.15) is 0 Å². The van der Waals surface area contributed by atoms with Crippen molar-refractivity contribution in [1.82, 2.24) is 9.97 Å². The number of hydrogen-bond donors (Lipinski definition) is 2. The number of fused-ring (bicyclic) bond motifs is 1. The Hall–Kier alpha value is -2.83. The van der Waals surface area contributed by atoms with Crippen molar-refractivity contribution < 1.29 is 19.4 Å². The van der Waals surface area contributed by atoms with Gasteiger partial charge in [-0.25, -0.2) is 14.8 Å². The fourth-order valence-electron chi connectivity index (χ4n) is 2.17. The number of carboxylic acid groups (broad SMARTS) is 1. The number of nitrogen functional groups attached to an aromatic ring is 1. The fraction of sp³-hybridized carbons (Fsp3) is 0.214. The molecule has 0 amide bonds. The first-order chi connectivity index (χ1) is 10.1. The molecule has 1 aliphatic heterocycles. The third-order valence-corrected chi connectivity index (χ3v) is 3.15. The molecule has 0 saturated heterocycles. The Balaban J connectivity index is 1.94. The molecular formula is C14H13N3O4. The number of nitrogens with two attached hydrogens (primary N) is 1. The molecule has 0 bridgehead atoms. The summed E-state index contributed by atoms with van der Waals surface area (Å²) in [5.41, 5.74) is 5.91. The number of rotatable bonds is 2. The molecule has 7 nitrogen and oxygen atoms in total. The third kappa shape index (κ3) is 2.33. The van der Waals surface area contributed by atoms with Gasteiger partial charge >= 0.3 is 5.97 Å². The van der Waals surface area contributed by atoms with Gasteiger partial charge in [-0.05, 0) is 19.1 Å². The minimum atomic E-state index is -1.15. The highest BCUT2D eigenvalue weighted by Crippen LogP contribution is 2.35. The van der Waals surface area contributed by atoms with Crippen molar-refractivity contribution in [3.05, 3.63) is 41.3 Å². The molecule has 0 fully saturated rings. The van der Waals surface area contributed by atoms with Gasteiger partial charge in [0, 0.05) is 0 Å². The Morgan fingerprint density at radius 1 is 1.33 bits per heavy atom. The van der Waals surface area contributed by atoms with Crippen LogP contribution in [-0.4, -0.2) is 27.7 Å². The van der Waals surface area contributed by atoms with Crippen LogP contribution in [-0.2, 0) is 0 Å². The monoisotopic (exact) mass is 287 g/mol. The molecule has 7 heteroatoms. The van der Waals surface area contributed by atoms with Crippen molar-refractivity contribution in [2.45, 2.75) is 13.0 Å². The Morgan fingerprint density at radius 2 is 2.05 bits per heavy atom. The van der Waals surface area contributed by atoms with Crippen molar-refractivity contribution in [2.24, 2.45) is 0 Å². The Labute approximate surface area is 120 Å². The molecule has 21 heavy (non-hydrogen) atoms. The molecule has 3 rings (SSSR count). The second kappa shape index (κ2) is 4.93. The molecule has 3 N–H and O–H groups in total. The summed E-state index contributed by atoms with van der Waals surface area (Å²) in [5.74, 6) is 0.330. The van der Waals surface area contributed by atoms with Gasteiger partial charge in [0.25, 0.3) is 0 Å². The molecule has 0 spiro atoms. The van der Waals surface area contributed by atoms with E-state index in [9.17, 15) is 4.79 Å². The standard InChI is InChI=1S/C14H13N3O4/c1-7-11(14(18)19)12(15)17-13(16-7)10-6-20-8-4-2-3-5-9(8)21-10/h2-5,10H,6H2,1H3,(H,18,19)(H2,15,16,17). The van der Waals surface area contributed by atoms with Crippen molar-refractivity contribution in [2.75, 3.05) is 12.3 Å². The lowest BCUT2D eigenvalue weighted by Gasteiger charge is -2.25. The van der Waals surface area contributed by atoms with E-state index in [1.54, 1.807) is 19.1 Å². The smallest absolute Gasteiger partial charge is 0.341 e. The predicted octanol–water partition coefficient (Wildman–Crippen LogP) is 1.58. The highest BCUT2D eigenvalue weighted by atomic mass is 16.6. The SMILES string of the molecule is Cc1nc(C2COc3ccccc3O2)nc(N)c1C(=O)O. The van der Waals surface area contributed by atoms with E-state index in [2.05, 4.69) is 9.97 Å². The summed E-state index contributed by atoms with van der Waals surface area (Å²) in [6.45, 7) is 1.81. The molecule has 1 atom stereocenters. The second-order valence-electron chi connectivity index (χ2n) is 4.60. The van der Waals surface area contributed by atoms with E-state index in [0.29, 0.717) is 23.0 Å². The number of nitrogens with zero attached hydrogens (tertiary/aromatic N) is 2. The maximum Gasteiger partial charge on any atom is 0.341 e. The largest absolute Gasteiger partial charge is 0.485 e. The zero-order chi connectivity index (χ0) is 15.0. The quantitative estimate of drug-likeness (QED) is 0.863. The number of carbonyl (C=O) groups is 1. The van der Waals surface area contributed by atoms with E-state index in [0.717, 1.165) is 0 Å². The summed E-state index contributed by atoms with van der Waals surface area (Å²) in [4.78, 5) is 19.3. The van der Waals surface area contributed by atoms with E-state index >= 15 is 0 Å². The molecule has 0 radical (unpaired) electrons. The zero-order valence-corrected chi connectivity index (χ0v) is 11.2. The number of benzene rings is 1. The predicted molar refractivity (Wildman–Crippen MR) is 73.4 cm³/mol. The van der Waals surface area contributed by atoms with Crippen LogP contribution in [0, 0.1) is 6.92 Å². The van der Waals surface area contributed by atoms with Gasteiger partial charge in [0.2, 0.25) is 0 Å². The van der Waals surface area contributed by atoms with E-state index in [1.807, 2.05) is 12.1 Å². The van der Waals surface area contributed by atoms with Crippen LogP contribution in [0.25, 0.3) is 0 Å². The van der Waals surface area contributed by atoms with Crippen molar-refractivity contribution in [3.63, 3.8) is 0 Å². The number of aryl methyl sites for hydroxylation is 1. The maximum atomic E-state index is 11.1. The average molecular weight is 287 g/mol. The summed E-state index contributed by atoms with van der Waals surface area (Å²) in [6.07, 6.45) is -0.524. The fourth-order valence-corrected chi connectivity index (χ4v) is 2.17. The van der Waals surface area contributed by atoms with Crippen LogP contribution in [0.5, 0.6) is 11.5 Å². The molecule has 1 aliphatic rings. The number of aromatic nitrogens is 2. The molecule has 1 aromatic carbocycles. The number of ether oxygens (including phenoxy) is 2. The molecular weight excluding hydrogens is 274 g/mol. The van der Waals surface area contributed by atoms with Gasteiger partial charge in [-0.1, -0.05) is 12.1 Å². The van der Waals surface area contributed by atoms with E-state index in [4.69, 9.17) is 20.3 Å². The summed E-state index contributed by atoms with van der Waals surface area (Å²) in [6, 6.07) is 7.27. The Kier molecular flexibility index (Phi) is 3.09. The summed E-state index contributed by atoms with van der Waals surface area (Å²) >= 11 is 0. The van der Waals surface area contributed by atoms with Gasteiger partial charge < -0.3 is 20.3 Å². The molecule has 1 unspecified atom stereocenters. The summed E-state index contributed by atoms with van der Waals surface area (Å²) < 4.78 is 11.4. The molecule has 0 aliphatic carbocycles. The number of carboxylic acids is 1. The Morgan fingerprint density at radius 3 is 2.71 bits per heavy atom. The second-order valence-corrected chi connectivity index (χ2v) is 4.60. The first-order valence-electron chi connectivity index (χ1n) is 6.32. The van der Waals surface area contributed by atoms with Crippen molar-refractivity contribution in [1.29, 1.82) is 0 Å². The molecule has 108 valence electrons. The van der Waals surface area contributed by atoms with E-state index in [1.165, 1.54) is 0 Å². The molecule has 2 heterocycles. The zero-order valence-electron chi connectivity index (χ0n) is 11.2. The van der Waals surface area contributed by atoms with E-state index in [-0.39, 0.29) is 18.0 Å². The average Bonchev–Trinajstić information content (AvgIpc) is 2.45. The van der Waals surface area contributed by atoms with Crippen LogP contribution < -0.4 is 15.2 Å². The minimum Gasteiger partial charge on any atom is -0.485 e. The van der Waals surface area contributed by atoms with Crippen LogP contribution >= 0.6 is 0 Å². The molecule has 1 aromatic heterocycles. The number of anilines is 1. The lowest BCUT2D eigenvalue weighted by Crippen LogP contribution is -2.25. The topological polar surface area (TPSA) is 108 Å². The normalized spacial score (nSPS) is 16.5. The van der Waals surface area contributed by atoms with Crippen LogP contribution in [0.4, 0.5) is 5.82 Å². The van der Waals surface area contributed by atoms with Crippen LogP contribution in [0.3, 0.4) is 0 Å².